The Morgan fingerprint density at radius 2 is 2.11 bits per heavy atom. The second-order valence-corrected chi connectivity index (χ2v) is 6.68. The van der Waals surface area contributed by atoms with Gasteiger partial charge in [-0.25, -0.2) is 4.98 Å². The summed E-state index contributed by atoms with van der Waals surface area (Å²) in [6.07, 6.45) is 4.27. The number of carbonyl (C=O) groups is 1. The fraction of sp³-hybridized carbons (Fsp3) is 0.263. The van der Waals surface area contributed by atoms with Crippen LogP contribution in [0.15, 0.2) is 54.1 Å². The first-order valence-corrected chi connectivity index (χ1v) is 9.56. The molecule has 1 aromatic carbocycles. The van der Waals surface area contributed by atoms with E-state index in [1.54, 1.807) is 25.7 Å². The van der Waals surface area contributed by atoms with Crippen LogP contribution in [0.25, 0.3) is 5.69 Å². The van der Waals surface area contributed by atoms with E-state index in [4.69, 9.17) is 4.74 Å². The molecule has 0 aliphatic heterocycles. The van der Waals surface area contributed by atoms with Gasteiger partial charge in [-0.1, -0.05) is 43.0 Å². The first kappa shape index (κ1) is 18.9. The molecule has 0 saturated carbocycles. The Labute approximate surface area is 162 Å². The van der Waals surface area contributed by atoms with Gasteiger partial charge in [-0.15, -0.1) is 10.2 Å². The quantitative estimate of drug-likeness (QED) is 0.602. The third kappa shape index (κ3) is 4.85. The minimum Gasteiger partial charge on any atom is -0.481 e. The number of nitrogens with one attached hydrogen (secondary N) is 1. The molecule has 1 N–H and O–H groups in total. The molecule has 0 unspecified atom stereocenters. The van der Waals surface area contributed by atoms with Crippen LogP contribution in [0.5, 0.6) is 5.88 Å². The molecular weight excluding hydrogens is 362 g/mol. The van der Waals surface area contributed by atoms with Crippen LogP contribution in [0.3, 0.4) is 0 Å². The predicted octanol–water partition coefficient (Wildman–Crippen LogP) is 2.64. The number of hydrogen-bond donors (Lipinski definition) is 1. The third-order valence-electron chi connectivity index (χ3n) is 3.98. The van der Waals surface area contributed by atoms with Crippen LogP contribution in [0.2, 0.25) is 0 Å². The van der Waals surface area contributed by atoms with Gasteiger partial charge in [0.2, 0.25) is 11.8 Å². The summed E-state index contributed by atoms with van der Waals surface area (Å²) in [5, 5.41) is 11.7. The fourth-order valence-corrected chi connectivity index (χ4v) is 3.30. The van der Waals surface area contributed by atoms with Gasteiger partial charge < -0.3 is 10.1 Å². The number of nitrogens with zero attached hydrogens (tertiary/aromatic N) is 4. The zero-order chi connectivity index (χ0) is 19.1. The number of thioether (sulfide) groups is 1. The van der Waals surface area contributed by atoms with E-state index < -0.39 is 0 Å². The van der Waals surface area contributed by atoms with Crippen LogP contribution in [0, 0.1) is 0 Å². The molecule has 8 heteroatoms. The Balaban J connectivity index is 1.57. The maximum Gasteiger partial charge on any atom is 0.230 e. The molecule has 0 bridgehead atoms. The van der Waals surface area contributed by atoms with Gasteiger partial charge in [-0.05, 0) is 23.6 Å². The van der Waals surface area contributed by atoms with Crippen LogP contribution in [-0.4, -0.2) is 38.5 Å². The Hall–Kier alpha value is -2.87. The van der Waals surface area contributed by atoms with E-state index in [0.29, 0.717) is 17.6 Å². The molecule has 0 aliphatic carbocycles. The average molecular weight is 383 g/mol. The molecule has 0 radical (unpaired) electrons. The van der Waals surface area contributed by atoms with Crippen LogP contribution in [0.4, 0.5) is 0 Å². The van der Waals surface area contributed by atoms with Crippen LogP contribution in [-0.2, 0) is 17.8 Å². The Morgan fingerprint density at radius 3 is 2.85 bits per heavy atom. The van der Waals surface area contributed by atoms with E-state index in [9.17, 15) is 4.79 Å². The zero-order valence-electron chi connectivity index (χ0n) is 15.3. The molecule has 3 rings (SSSR count). The summed E-state index contributed by atoms with van der Waals surface area (Å²) in [6, 6.07) is 11.8. The first-order chi connectivity index (χ1) is 13.2. The molecule has 1 amide bonds. The van der Waals surface area contributed by atoms with E-state index >= 15 is 0 Å². The molecule has 0 aliphatic rings. The highest BCUT2D eigenvalue weighted by molar-refractivity contribution is 7.99. The number of benzene rings is 1. The van der Waals surface area contributed by atoms with Crippen LogP contribution >= 0.6 is 11.8 Å². The van der Waals surface area contributed by atoms with Gasteiger partial charge in [0, 0.05) is 18.8 Å². The van der Waals surface area contributed by atoms with Gasteiger partial charge in [-0.2, -0.15) is 0 Å². The summed E-state index contributed by atoms with van der Waals surface area (Å²) in [6.45, 7) is 2.53. The van der Waals surface area contributed by atoms with Crippen molar-refractivity contribution in [2.24, 2.45) is 0 Å². The van der Waals surface area contributed by atoms with Crippen molar-refractivity contribution < 1.29 is 9.53 Å². The molecule has 0 spiro atoms. The van der Waals surface area contributed by atoms with Gasteiger partial charge in [0.15, 0.2) is 5.16 Å². The second kappa shape index (κ2) is 9.18. The molecule has 2 heterocycles. The number of para-hydroxylation sites is 1. The topological polar surface area (TPSA) is 81.9 Å². The molecular formula is C19H21N5O2S. The van der Waals surface area contributed by atoms with Crippen LogP contribution in [0.1, 0.15) is 18.1 Å². The molecule has 7 nitrogen and oxygen atoms in total. The van der Waals surface area contributed by atoms with E-state index in [-0.39, 0.29) is 11.7 Å². The largest absolute Gasteiger partial charge is 0.481 e. The first-order valence-electron chi connectivity index (χ1n) is 8.58. The summed E-state index contributed by atoms with van der Waals surface area (Å²) in [4.78, 5) is 16.3. The van der Waals surface area contributed by atoms with Gasteiger partial charge in [0.1, 0.15) is 6.33 Å². The smallest absolute Gasteiger partial charge is 0.230 e. The molecule has 140 valence electrons. The van der Waals surface area contributed by atoms with E-state index in [0.717, 1.165) is 17.7 Å². The summed E-state index contributed by atoms with van der Waals surface area (Å²) < 4.78 is 6.94. The van der Waals surface area contributed by atoms with Crippen molar-refractivity contribution in [3.63, 3.8) is 0 Å². The SMILES string of the molecule is CCc1ccccc1-n1cnnc1SCC(=O)NCc1ccc(OC)nc1. The number of aryl methyl sites for hydroxylation is 1. The average Bonchev–Trinajstić information content (AvgIpc) is 3.19. The van der Waals surface area contributed by atoms with E-state index in [1.165, 1.54) is 17.3 Å². The van der Waals surface area contributed by atoms with Crippen molar-refractivity contribution in [2.75, 3.05) is 12.9 Å². The van der Waals surface area contributed by atoms with Crippen molar-refractivity contribution in [3.05, 3.63) is 60.0 Å². The minimum atomic E-state index is -0.0749. The molecule has 2 aromatic heterocycles. The number of rotatable bonds is 8. The van der Waals surface area contributed by atoms with Crippen molar-refractivity contribution in [3.8, 4) is 11.6 Å². The van der Waals surface area contributed by atoms with Crippen molar-refractivity contribution in [1.29, 1.82) is 0 Å². The van der Waals surface area contributed by atoms with Crippen molar-refractivity contribution in [1.82, 2.24) is 25.1 Å². The lowest BCUT2D eigenvalue weighted by atomic mass is 10.1. The van der Waals surface area contributed by atoms with Gasteiger partial charge in [0.25, 0.3) is 0 Å². The Kier molecular flexibility index (Phi) is 6.43. The summed E-state index contributed by atoms with van der Waals surface area (Å²) in [5.41, 5.74) is 3.15. The number of amides is 1. The number of ether oxygens (including phenoxy) is 1. The normalized spacial score (nSPS) is 10.6. The second-order valence-electron chi connectivity index (χ2n) is 5.74. The highest BCUT2D eigenvalue weighted by Gasteiger charge is 2.12. The minimum absolute atomic E-state index is 0.0749. The summed E-state index contributed by atoms with van der Waals surface area (Å²) in [7, 11) is 1.57. The van der Waals surface area contributed by atoms with Crippen molar-refractivity contribution in [2.45, 2.75) is 25.0 Å². The summed E-state index contributed by atoms with van der Waals surface area (Å²) in [5.74, 6) is 0.734. The Bertz CT molecular complexity index is 895. The zero-order valence-corrected chi connectivity index (χ0v) is 16.1. The third-order valence-corrected chi connectivity index (χ3v) is 4.92. The van der Waals surface area contributed by atoms with E-state index in [2.05, 4.69) is 33.5 Å². The fourth-order valence-electron chi connectivity index (χ4n) is 2.55. The molecule has 3 aromatic rings. The maximum atomic E-state index is 12.2. The standard InChI is InChI=1S/C19H21N5O2S/c1-3-15-6-4-5-7-16(15)24-13-22-23-19(24)27-12-17(25)20-10-14-8-9-18(26-2)21-11-14/h4-9,11,13H,3,10,12H2,1-2H3,(H,20,25). The lowest BCUT2D eigenvalue weighted by molar-refractivity contribution is -0.118. The van der Waals surface area contributed by atoms with Crippen LogP contribution < -0.4 is 10.1 Å². The Morgan fingerprint density at radius 1 is 1.26 bits per heavy atom. The van der Waals surface area contributed by atoms with Crippen molar-refractivity contribution >= 4 is 17.7 Å². The lowest BCUT2D eigenvalue weighted by Gasteiger charge is -2.10. The molecule has 0 saturated heterocycles. The van der Waals surface area contributed by atoms with Gasteiger partial charge in [-0.3, -0.25) is 9.36 Å². The number of hydrogen-bond acceptors (Lipinski definition) is 6. The summed E-state index contributed by atoms with van der Waals surface area (Å²) >= 11 is 1.36. The maximum absolute atomic E-state index is 12.2. The number of pyridine rings is 1. The highest BCUT2D eigenvalue weighted by Crippen LogP contribution is 2.22. The molecule has 0 fully saturated rings. The predicted molar refractivity (Wildman–Crippen MR) is 104 cm³/mol. The lowest BCUT2D eigenvalue weighted by Crippen LogP contribution is -2.24. The highest BCUT2D eigenvalue weighted by atomic mass is 32.2. The van der Waals surface area contributed by atoms with Gasteiger partial charge in [0.05, 0.1) is 18.6 Å². The van der Waals surface area contributed by atoms with E-state index in [1.807, 2.05) is 28.8 Å². The number of carbonyl (C=O) groups excluding carboxylic acids is 1. The van der Waals surface area contributed by atoms with Gasteiger partial charge >= 0.3 is 0 Å². The molecule has 0 atom stereocenters. The number of methoxy groups -OCH3 is 1. The molecule has 27 heavy (non-hydrogen) atoms. The number of aromatic nitrogens is 4. The monoisotopic (exact) mass is 383 g/mol.